The van der Waals surface area contributed by atoms with E-state index in [1.165, 1.54) is 6.07 Å². The van der Waals surface area contributed by atoms with Crippen LogP contribution in [0.15, 0.2) is 40.2 Å². The number of carboxylic acid groups (broad SMARTS) is 1. The van der Waals surface area contributed by atoms with Gasteiger partial charge in [0.15, 0.2) is 0 Å². The second kappa shape index (κ2) is 8.76. The minimum Gasteiger partial charge on any atom is -0.481 e. The molecule has 0 spiro atoms. The summed E-state index contributed by atoms with van der Waals surface area (Å²) < 4.78 is 28.1. The van der Waals surface area contributed by atoms with E-state index >= 15 is 0 Å². The number of aromatic nitrogens is 2. The first-order valence-corrected chi connectivity index (χ1v) is 10.9. The molecule has 4 rings (SSSR count). The van der Waals surface area contributed by atoms with Gasteiger partial charge in [0, 0.05) is 34.9 Å². The van der Waals surface area contributed by atoms with Gasteiger partial charge in [0.2, 0.25) is 10.0 Å². The maximum atomic E-state index is 12.7. The van der Waals surface area contributed by atoms with E-state index < -0.39 is 16.0 Å². The Morgan fingerprint density at radius 2 is 1.90 bits per heavy atom. The number of carboxylic acids is 1. The molecule has 1 aliphatic rings. The van der Waals surface area contributed by atoms with Crippen LogP contribution in [0.5, 0.6) is 0 Å². The molecule has 0 atom stereocenters. The van der Waals surface area contributed by atoms with Crippen molar-refractivity contribution >= 4 is 37.8 Å². The Morgan fingerprint density at radius 3 is 2.55 bits per heavy atom. The number of rotatable bonds is 4. The molecule has 29 heavy (non-hydrogen) atoms. The van der Waals surface area contributed by atoms with Crippen LogP contribution in [0.2, 0.25) is 0 Å². The molecule has 0 unspecified atom stereocenters. The van der Waals surface area contributed by atoms with Gasteiger partial charge in [-0.25, -0.2) is 13.1 Å². The van der Waals surface area contributed by atoms with Crippen molar-refractivity contribution in [3.8, 4) is 0 Å². The fraction of sp³-hybridized carbons (Fsp3) is 0.368. The fourth-order valence-corrected chi connectivity index (χ4v) is 4.55. The van der Waals surface area contributed by atoms with Crippen molar-refractivity contribution in [2.45, 2.75) is 37.1 Å². The van der Waals surface area contributed by atoms with Gasteiger partial charge in [-0.05, 0) is 50.2 Å². The van der Waals surface area contributed by atoms with Crippen LogP contribution in [-0.4, -0.2) is 48.6 Å². The van der Waals surface area contributed by atoms with E-state index in [1.54, 1.807) is 31.3 Å². The van der Waals surface area contributed by atoms with Gasteiger partial charge in [0.05, 0.1) is 4.90 Å². The van der Waals surface area contributed by atoms with Crippen LogP contribution in [0.1, 0.15) is 26.2 Å². The van der Waals surface area contributed by atoms with Crippen molar-refractivity contribution in [2.24, 2.45) is 0 Å². The number of pyridine rings is 1. The Bertz CT molecular complexity index is 1180. The largest absolute Gasteiger partial charge is 0.481 e. The molecular weight excluding hydrogens is 396 g/mol. The maximum absolute atomic E-state index is 12.7. The standard InChI is InChI=1S/C16H18N4O3S.C3H6O2/c21-16-15-12(5-8-18-15)13-9-11(1-2-14(13)19-16)24(22,23)20-10-3-6-17-7-4-10;1-2-3(4)5/h1-2,5,8-10,17-18,20H,3-4,6-7H2,(H,19,21);2H2,1H3,(H,4,5). The highest BCUT2D eigenvalue weighted by atomic mass is 32.2. The average molecular weight is 420 g/mol. The van der Waals surface area contributed by atoms with E-state index in [1.807, 2.05) is 0 Å². The number of aliphatic carboxylic acids is 1. The minimum absolute atomic E-state index is 0.0465. The highest BCUT2D eigenvalue weighted by Gasteiger charge is 2.22. The number of fused-ring (bicyclic) bond motifs is 3. The third kappa shape index (κ3) is 4.84. The number of piperidine rings is 1. The normalized spacial score (nSPS) is 15.2. The molecule has 0 aliphatic carbocycles. The van der Waals surface area contributed by atoms with Crippen molar-refractivity contribution < 1.29 is 18.3 Å². The summed E-state index contributed by atoms with van der Waals surface area (Å²) in [6.07, 6.45) is 3.46. The quantitative estimate of drug-likeness (QED) is 0.433. The lowest BCUT2D eigenvalue weighted by Gasteiger charge is -2.23. The Hall–Kier alpha value is -2.69. The van der Waals surface area contributed by atoms with Gasteiger partial charge in [0.1, 0.15) is 5.52 Å². The lowest BCUT2D eigenvalue weighted by atomic mass is 10.1. The summed E-state index contributed by atoms with van der Waals surface area (Å²) in [5, 5.41) is 12.4. The summed E-state index contributed by atoms with van der Waals surface area (Å²) in [5.74, 6) is -0.745. The van der Waals surface area contributed by atoms with E-state index in [0.717, 1.165) is 25.9 Å². The van der Waals surface area contributed by atoms with Gasteiger partial charge < -0.3 is 20.4 Å². The first-order valence-electron chi connectivity index (χ1n) is 9.40. The molecular formula is C19H24N4O5S. The molecule has 10 heteroatoms. The second-order valence-electron chi connectivity index (χ2n) is 6.82. The van der Waals surface area contributed by atoms with Crippen LogP contribution in [-0.2, 0) is 14.8 Å². The van der Waals surface area contributed by atoms with Gasteiger partial charge in [0.25, 0.3) is 5.56 Å². The van der Waals surface area contributed by atoms with Gasteiger partial charge >= 0.3 is 5.97 Å². The first kappa shape index (κ1) is 21.0. The van der Waals surface area contributed by atoms with E-state index in [0.29, 0.717) is 21.8 Å². The molecule has 3 aromatic rings. The Morgan fingerprint density at radius 1 is 1.21 bits per heavy atom. The first-order chi connectivity index (χ1) is 13.8. The molecule has 2 aromatic heterocycles. The SMILES string of the molecule is CCC(=O)O.O=c1[nH]c2ccc(S(=O)(=O)NC3CCNCC3)cc2c2cc[nH]c12. The zero-order valence-corrected chi connectivity index (χ0v) is 16.8. The number of nitrogens with one attached hydrogen (secondary N) is 4. The summed E-state index contributed by atoms with van der Waals surface area (Å²) in [5.41, 5.74) is 0.849. The molecule has 156 valence electrons. The van der Waals surface area contributed by atoms with Crippen LogP contribution >= 0.6 is 0 Å². The smallest absolute Gasteiger partial charge is 0.303 e. The van der Waals surface area contributed by atoms with Crippen molar-refractivity contribution in [1.82, 2.24) is 20.0 Å². The van der Waals surface area contributed by atoms with Crippen LogP contribution in [0.4, 0.5) is 0 Å². The van der Waals surface area contributed by atoms with Crippen molar-refractivity contribution in [2.75, 3.05) is 13.1 Å². The summed E-state index contributed by atoms with van der Waals surface area (Å²) >= 11 is 0. The number of hydrogen-bond donors (Lipinski definition) is 5. The highest BCUT2D eigenvalue weighted by molar-refractivity contribution is 7.89. The zero-order valence-electron chi connectivity index (χ0n) is 16.0. The zero-order chi connectivity index (χ0) is 21.0. The molecule has 0 radical (unpaired) electrons. The number of hydrogen-bond acceptors (Lipinski definition) is 5. The second-order valence-corrected chi connectivity index (χ2v) is 8.53. The Balaban J connectivity index is 0.000000431. The van der Waals surface area contributed by atoms with Crippen molar-refractivity contribution in [3.05, 3.63) is 40.8 Å². The third-order valence-corrected chi connectivity index (χ3v) is 6.30. The Labute approximate surface area is 167 Å². The van der Waals surface area contributed by atoms with Crippen LogP contribution < -0.4 is 15.6 Å². The molecule has 3 heterocycles. The summed E-state index contributed by atoms with van der Waals surface area (Å²) in [6, 6.07) is 6.52. The number of benzene rings is 1. The molecule has 0 amide bonds. The topological polar surface area (TPSA) is 144 Å². The van der Waals surface area contributed by atoms with E-state index in [4.69, 9.17) is 5.11 Å². The number of sulfonamides is 1. The number of aromatic amines is 2. The molecule has 1 fully saturated rings. The van der Waals surface area contributed by atoms with Crippen LogP contribution in [0.25, 0.3) is 21.8 Å². The molecule has 1 aliphatic heterocycles. The maximum Gasteiger partial charge on any atom is 0.303 e. The molecule has 1 aromatic carbocycles. The highest BCUT2D eigenvalue weighted by Crippen LogP contribution is 2.24. The number of carbonyl (C=O) groups is 1. The third-order valence-electron chi connectivity index (χ3n) is 4.78. The monoisotopic (exact) mass is 420 g/mol. The summed E-state index contributed by atoms with van der Waals surface area (Å²) in [7, 11) is -3.59. The van der Waals surface area contributed by atoms with Crippen LogP contribution in [0.3, 0.4) is 0 Å². The molecule has 5 N–H and O–H groups in total. The van der Waals surface area contributed by atoms with E-state index in [-0.39, 0.29) is 22.9 Å². The average Bonchev–Trinajstić information content (AvgIpc) is 3.19. The van der Waals surface area contributed by atoms with Crippen molar-refractivity contribution in [3.63, 3.8) is 0 Å². The van der Waals surface area contributed by atoms with Crippen molar-refractivity contribution in [1.29, 1.82) is 0 Å². The molecule has 1 saturated heterocycles. The lowest BCUT2D eigenvalue weighted by molar-refractivity contribution is -0.136. The van der Waals surface area contributed by atoms with Gasteiger partial charge in [-0.1, -0.05) is 6.92 Å². The van der Waals surface area contributed by atoms with E-state index in [9.17, 15) is 18.0 Å². The molecule has 0 saturated carbocycles. The predicted molar refractivity (Wildman–Crippen MR) is 111 cm³/mol. The van der Waals surface area contributed by atoms with E-state index in [2.05, 4.69) is 20.0 Å². The fourth-order valence-electron chi connectivity index (χ4n) is 3.22. The van der Waals surface area contributed by atoms with Gasteiger partial charge in [-0.3, -0.25) is 9.59 Å². The number of H-pyrrole nitrogens is 2. The lowest BCUT2D eigenvalue weighted by Crippen LogP contribution is -2.42. The predicted octanol–water partition coefficient (Wildman–Crippen LogP) is 1.52. The molecule has 9 nitrogen and oxygen atoms in total. The Kier molecular flexibility index (Phi) is 6.36. The summed E-state index contributed by atoms with van der Waals surface area (Å²) in [6.45, 7) is 3.23. The summed E-state index contributed by atoms with van der Waals surface area (Å²) in [4.78, 5) is 27.2. The molecule has 0 bridgehead atoms. The van der Waals surface area contributed by atoms with Crippen LogP contribution in [0, 0.1) is 0 Å². The van der Waals surface area contributed by atoms with Gasteiger partial charge in [-0.15, -0.1) is 0 Å². The van der Waals surface area contributed by atoms with Gasteiger partial charge in [-0.2, -0.15) is 0 Å². The minimum atomic E-state index is -3.59.